The molecule has 0 fully saturated rings. The zero-order valence-electron chi connectivity index (χ0n) is 15.8. The normalized spacial score (nSPS) is 11.5. The molecule has 0 aromatic heterocycles. The highest BCUT2D eigenvalue weighted by atomic mass is 32.2. The minimum absolute atomic E-state index is 0.138. The van der Waals surface area contributed by atoms with Crippen molar-refractivity contribution < 1.29 is 13.2 Å². The number of carbonyl (C=O) groups excluding carboxylic acids is 1. The number of benzene rings is 2. The van der Waals surface area contributed by atoms with Crippen LogP contribution < -0.4 is 10.2 Å². The van der Waals surface area contributed by atoms with E-state index in [0.29, 0.717) is 5.69 Å². The van der Waals surface area contributed by atoms with Crippen LogP contribution in [0.25, 0.3) is 0 Å². The summed E-state index contributed by atoms with van der Waals surface area (Å²) in [5.41, 5.74) is 3.23. The van der Waals surface area contributed by atoms with Crippen LogP contribution in [0, 0.1) is 6.92 Å². The van der Waals surface area contributed by atoms with Gasteiger partial charge in [-0.3, -0.25) is 4.79 Å². The van der Waals surface area contributed by atoms with Crippen molar-refractivity contribution in [2.45, 2.75) is 18.2 Å². The molecule has 0 aliphatic heterocycles. The van der Waals surface area contributed by atoms with E-state index in [1.807, 2.05) is 50.2 Å². The molecule has 6 nitrogen and oxygen atoms in total. The molecule has 0 bridgehead atoms. The first-order chi connectivity index (χ1) is 12.1. The molecule has 0 saturated heterocycles. The van der Waals surface area contributed by atoms with Gasteiger partial charge in [0.1, 0.15) is 0 Å². The van der Waals surface area contributed by atoms with Crippen molar-refractivity contribution in [3.63, 3.8) is 0 Å². The Labute approximate surface area is 155 Å². The number of hydrogen-bond donors (Lipinski definition) is 1. The average molecular weight is 375 g/mol. The number of nitrogens with zero attached hydrogens (tertiary/aromatic N) is 2. The van der Waals surface area contributed by atoms with Crippen LogP contribution in [0.1, 0.15) is 11.1 Å². The lowest BCUT2D eigenvalue weighted by molar-refractivity contribution is -0.115. The van der Waals surface area contributed by atoms with Crippen molar-refractivity contribution in [1.29, 1.82) is 0 Å². The average Bonchev–Trinajstić information content (AvgIpc) is 2.56. The second kappa shape index (κ2) is 7.88. The summed E-state index contributed by atoms with van der Waals surface area (Å²) in [6.07, 6.45) is 0.220. The van der Waals surface area contributed by atoms with Crippen LogP contribution >= 0.6 is 0 Å². The lowest BCUT2D eigenvalue weighted by Gasteiger charge is -2.20. The van der Waals surface area contributed by atoms with Gasteiger partial charge >= 0.3 is 0 Å². The zero-order valence-corrected chi connectivity index (χ0v) is 16.6. The lowest BCUT2D eigenvalue weighted by Crippen LogP contribution is -2.23. The quantitative estimate of drug-likeness (QED) is 0.842. The maximum absolute atomic E-state index is 12.4. The van der Waals surface area contributed by atoms with Crippen LogP contribution in [0.4, 0.5) is 11.4 Å². The van der Waals surface area contributed by atoms with Gasteiger partial charge in [-0.1, -0.05) is 29.8 Å². The SMILES string of the molecule is Cc1ccc(CC(=O)Nc2cc(S(=O)(=O)N(C)C)ccc2N(C)C)cc1. The van der Waals surface area contributed by atoms with E-state index in [1.54, 1.807) is 12.1 Å². The molecule has 26 heavy (non-hydrogen) atoms. The molecule has 0 atom stereocenters. The summed E-state index contributed by atoms with van der Waals surface area (Å²) >= 11 is 0. The highest BCUT2D eigenvalue weighted by Gasteiger charge is 2.20. The van der Waals surface area contributed by atoms with Gasteiger partial charge in [0.15, 0.2) is 0 Å². The van der Waals surface area contributed by atoms with Gasteiger partial charge in [0.2, 0.25) is 15.9 Å². The first-order valence-electron chi connectivity index (χ1n) is 8.20. The van der Waals surface area contributed by atoms with Crippen molar-refractivity contribution >= 4 is 27.3 Å². The molecule has 1 amide bonds. The van der Waals surface area contributed by atoms with Crippen LogP contribution in [0.3, 0.4) is 0 Å². The molecule has 1 N–H and O–H groups in total. The number of nitrogens with one attached hydrogen (secondary N) is 1. The van der Waals surface area contributed by atoms with E-state index in [4.69, 9.17) is 0 Å². The molecule has 140 valence electrons. The standard InChI is InChI=1S/C19H25N3O3S/c1-14-6-8-15(9-7-14)12-19(23)20-17-13-16(26(24,25)22(4)5)10-11-18(17)21(2)3/h6-11,13H,12H2,1-5H3,(H,20,23). The van der Waals surface area contributed by atoms with E-state index < -0.39 is 10.0 Å². The molecule has 2 aromatic carbocycles. The molecular weight excluding hydrogens is 350 g/mol. The van der Waals surface area contributed by atoms with Gasteiger partial charge in [0.25, 0.3) is 0 Å². The minimum Gasteiger partial charge on any atom is -0.376 e. The van der Waals surface area contributed by atoms with E-state index in [1.165, 1.54) is 20.2 Å². The molecule has 0 aliphatic carbocycles. The molecule has 0 heterocycles. The third-order valence-corrected chi connectivity index (χ3v) is 5.80. The highest BCUT2D eigenvalue weighted by molar-refractivity contribution is 7.89. The van der Waals surface area contributed by atoms with Crippen molar-refractivity contribution in [3.8, 4) is 0 Å². The Balaban J connectivity index is 2.30. The molecule has 2 rings (SSSR count). The summed E-state index contributed by atoms with van der Waals surface area (Å²) in [6.45, 7) is 1.99. The minimum atomic E-state index is -3.58. The van der Waals surface area contributed by atoms with E-state index in [-0.39, 0.29) is 17.2 Å². The molecular formula is C19H25N3O3S. The highest BCUT2D eigenvalue weighted by Crippen LogP contribution is 2.28. The first-order valence-corrected chi connectivity index (χ1v) is 9.64. The van der Waals surface area contributed by atoms with Crippen molar-refractivity contribution in [3.05, 3.63) is 53.6 Å². The van der Waals surface area contributed by atoms with Crippen molar-refractivity contribution in [2.24, 2.45) is 0 Å². The lowest BCUT2D eigenvalue weighted by atomic mass is 10.1. The van der Waals surface area contributed by atoms with Crippen LogP contribution in [-0.4, -0.2) is 46.8 Å². The van der Waals surface area contributed by atoms with Gasteiger partial charge in [-0.15, -0.1) is 0 Å². The Bertz CT molecular complexity index is 889. The van der Waals surface area contributed by atoms with Crippen LogP contribution in [0.15, 0.2) is 47.4 Å². The maximum Gasteiger partial charge on any atom is 0.242 e. The molecule has 2 aromatic rings. The Morgan fingerprint density at radius 1 is 1.00 bits per heavy atom. The largest absolute Gasteiger partial charge is 0.376 e. The summed E-state index contributed by atoms with van der Waals surface area (Å²) in [5.74, 6) is -0.198. The van der Waals surface area contributed by atoms with Crippen molar-refractivity contribution in [2.75, 3.05) is 38.4 Å². The van der Waals surface area contributed by atoms with E-state index in [2.05, 4.69) is 5.32 Å². The third-order valence-electron chi connectivity index (χ3n) is 3.99. The number of hydrogen-bond acceptors (Lipinski definition) is 4. The predicted molar refractivity (Wildman–Crippen MR) is 105 cm³/mol. The molecule has 0 radical (unpaired) electrons. The van der Waals surface area contributed by atoms with Crippen LogP contribution in [0.5, 0.6) is 0 Å². The molecule has 0 saturated carbocycles. The summed E-state index contributed by atoms with van der Waals surface area (Å²) in [5, 5.41) is 2.84. The number of amides is 1. The third kappa shape index (κ3) is 4.62. The van der Waals surface area contributed by atoms with Crippen LogP contribution in [-0.2, 0) is 21.2 Å². The Morgan fingerprint density at radius 2 is 1.62 bits per heavy atom. The second-order valence-electron chi connectivity index (χ2n) is 6.57. The maximum atomic E-state index is 12.4. The topological polar surface area (TPSA) is 69.7 Å². The number of anilines is 2. The Morgan fingerprint density at radius 3 is 2.15 bits per heavy atom. The summed E-state index contributed by atoms with van der Waals surface area (Å²) < 4.78 is 25.9. The number of aryl methyl sites for hydroxylation is 1. The van der Waals surface area contributed by atoms with Gasteiger partial charge in [-0.05, 0) is 30.7 Å². The monoisotopic (exact) mass is 375 g/mol. The molecule has 0 unspecified atom stereocenters. The molecule has 0 aliphatic rings. The fourth-order valence-electron chi connectivity index (χ4n) is 2.46. The fraction of sp³-hybridized carbons (Fsp3) is 0.316. The van der Waals surface area contributed by atoms with E-state index in [0.717, 1.165) is 21.1 Å². The van der Waals surface area contributed by atoms with E-state index >= 15 is 0 Å². The Kier molecular flexibility index (Phi) is 6.05. The van der Waals surface area contributed by atoms with Gasteiger partial charge in [-0.2, -0.15) is 0 Å². The number of rotatable bonds is 6. The Hall–Kier alpha value is -2.38. The molecule has 0 spiro atoms. The van der Waals surface area contributed by atoms with Gasteiger partial charge < -0.3 is 10.2 Å². The smallest absolute Gasteiger partial charge is 0.242 e. The fourth-order valence-corrected chi connectivity index (χ4v) is 3.39. The van der Waals surface area contributed by atoms with Crippen LogP contribution in [0.2, 0.25) is 0 Å². The van der Waals surface area contributed by atoms with Gasteiger partial charge in [0, 0.05) is 28.2 Å². The summed E-state index contributed by atoms with van der Waals surface area (Å²) in [6, 6.07) is 12.5. The number of carbonyl (C=O) groups is 1. The summed E-state index contributed by atoms with van der Waals surface area (Å²) in [7, 11) is 3.05. The van der Waals surface area contributed by atoms with Crippen molar-refractivity contribution in [1.82, 2.24) is 4.31 Å². The summed E-state index contributed by atoms with van der Waals surface area (Å²) in [4.78, 5) is 14.4. The van der Waals surface area contributed by atoms with Gasteiger partial charge in [0.05, 0.1) is 22.7 Å². The second-order valence-corrected chi connectivity index (χ2v) is 8.72. The number of sulfonamides is 1. The van der Waals surface area contributed by atoms with Gasteiger partial charge in [-0.25, -0.2) is 12.7 Å². The zero-order chi connectivity index (χ0) is 19.5. The predicted octanol–water partition coefficient (Wildman–Crippen LogP) is 2.49. The van der Waals surface area contributed by atoms with E-state index in [9.17, 15) is 13.2 Å². The first kappa shape index (κ1) is 19.9. The molecule has 7 heteroatoms.